The topological polar surface area (TPSA) is 60.5 Å². The molecule has 3 rings (SSSR count). The molecule has 0 bridgehead atoms. The summed E-state index contributed by atoms with van der Waals surface area (Å²) in [6, 6.07) is 2.38. The van der Waals surface area contributed by atoms with Gasteiger partial charge in [0.05, 0.1) is 0 Å². The normalized spacial score (nSPS) is 25.7. The molecule has 120 valence electrons. The molecule has 0 radical (unpaired) electrons. The van der Waals surface area contributed by atoms with Crippen LogP contribution in [0.4, 0.5) is 0 Å². The monoisotopic (exact) mass is 302 g/mol. The summed E-state index contributed by atoms with van der Waals surface area (Å²) in [5.41, 5.74) is 2.54. The lowest BCUT2D eigenvalue weighted by Gasteiger charge is -2.36. The van der Waals surface area contributed by atoms with E-state index in [-0.39, 0.29) is 11.9 Å². The zero-order chi connectivity index (χ0) is 15.5. The highest BCUT2D eigenvalue weighted by Gasteiger charge is 2.26. The van der Waals surface area contributed by atoms with E-state index in [0.29, 0.717) is 5.92 Å². The minimum absolute atomic E-state index is 0.0578. The fourth-order valence-electron chi connectivity index (χ4n) is 3.47. The smallest absolute Gasteiger partial charge is 0.217 e. The van der Waals surface area contributed by atoms with Gasteiger partial charge in [-0.05, 0) is 37.7 Å². The Labute approximate surface area is 132 Å². The third-order valence-electron chi connectivity index (χ3n) is 4.64. The number of nitrogens with one attached hydrogen (secondary N) is 2. The fourth-order valence-corrected chi connectivity index (χ4v) is 3.47. The zero-order valence-electron chi connectivity index (χ0n) is 13.6. The minimum atomic E-state index is 0.0578. The lowest BCUT2D eigenvalue weighted by atomic mass is 9.98. The van der Waals surface area contributed by atoms with Crippen LogP contribution in [0, 0.1) is 5.92 Å². The number of carbonyl (C=O) groups excluding carboxylic acids is 1. The molecule has 3 heterocycles. The van der Waals surface area contributed by atoms with Gasteiger partial charge in [0.2, 0.25) is 5.91 Å². The number of aliphatic imine (C=N–C) groups is 1. The van der Waals surface area contributed by atoms with Crippen LogP contribution in [0.1, 0.15) is 44.4 Å². The quantitative estimate of drug-likeness (QED) is 0.833. The van der Waals surface area contributed by atoms with Crippen molar-refractivity contribution in [3.63, 3.8) is 0 Å². The summed E-state index contributed by atoms with van der Waals surface area (Å²) in [5.74, 6) is 1.78. The van der Waals surface area contributed by atoms with E-state index in [4.69, 9.17) is 4.99 Å². The first kappa shape index (κ1) is 15.1. The van der Waals surface area contributed by atoms with Crippen LogP contribution in [0.25, 0.3) is 0 Å². The van der Waals surface area contributed by atoms with E-state index in [1.807, 2.05) is 6.20 Å². The summed E-state index contributed by atoms with van der Waals surface area (Å²) in [7, 11) is 0. The van der Waals surface area contributed by atoms with E-state index in [0.717, 1.165) is 44.7 Å². The highest BCUT2D eigenvalue weighted by molar-refractivity contribution is 6.00. The molecule has 1 saturated heterocycles. The maximum atomic E-state index is 11.3. The second-order valence-corrected chi connectivity index (χ2v) is 6.66. The number of likely N-dealkylation sites (tertiary alicyclic amines) is 1. The van der Waals surface area contributed by atoms with E-state index in [1.165, 1.54) is 17.7 Å². The molecule has 1 fully saturated rings. The highest BCUT2D eigenvalue weighted by Crippen LogP contribution is 2.22. The lowest BCUT2D eigenvalue weighted by Crippen LogP contribution is -2.49. The number of hydrogen-bond acceptors (Lipinski definition) is 3. The van der Waals surface area contributed by atoms with Gasteiger partial charge in [-0.25, -0.2) is 0 Å². The summed E-state index contributed by atoms with van der Waals surface area (Å²) >= 11 is 0. The molecular weight excluding hydrogens is 276 g/mol. The molecule has 0 spiro atoms. The Balaban J connectivity index is 1.82. The Hall–Kier alpha value is -1.78. The van der Waals surface area contributed by atoms with Crippen molar-refractivity contribution in [1.82, 2.24) is 15.2 Å². The van der Waals surface area contributed by atoms with Crippen LogP contribution in [0.5, 0.6) is 0 Å². The van der Waals surface area contributed by atoms with Gasteiger partial charge in [0.15, 0.2) is 0 Å². The van der Waals surface area contributed by atoms with Crippen LogP contribution < -0.4 is 5.32 Å². The number of piperidine rings is 1. The third kappa shape index (κ3) is 3.34. The molecule has 1 amide bonds. The number of nitrogens with zero attached hydrogens (tertiary/aromatic N) is 2. The van der Waals surface area contributed by atoms with Gasteiger partial charge < -0.3 is 15.2 Å². The molecule has 0 aliphatic carbocycles. The zero-order valence-corrected chi connectivity index (χ0v) is 13.6. The van der Waals surface area contributed by atoms with E-state index in [9.17, 15) is 4.79 Å². The van der Waals surface area contributed by atoms with Gasteiger partial charge in [-0.15, -0.1) is 0 Å². The summed E-state index contributed by atoms with van der Waals surface area (Å²) in [4.78, 5) is 22.0. The largest absolute Gasteiger partial charge is 0.364 e. The van der Waals surface area contributed by atoms with Crippen molar-refractivity contribution in [1.29, 1.82) is 0 Å². The molecule has 1 aromatic rings. The first-order chi connectivity index (χ1) is 10.6. The Bertz CT molecular complexity index is 563. The number of carbonyl (C=O) groups is 1. The first-order valence-corrected chi connectivity index (χ1v) is 8.36. The maximum Gasteiger partial charge on any atom is 0.217 e. The number of amides is 1. The molecule has 2 N–H and O–H groups in total. The molecule has 5 heteroatoms. The van der Waals surface area contributed by atoms with E-state index >= 15 is 0 Å². The summed E-state index contributed by atoms with van der Waals surface area (Å²) in [5, 5.41) is 3.06. The van der Waals surface area contributed by atoms with Gasteiger partial charge in [0.25, 0.3) is 0 Å². The van der Waals surface area contributed by atoms with Gasteiger partial charge in [-0.2, -0.15) is 0 Å². The van der Waals surface area contributed by atoms with Crippen molar-refractivity contribution < 1.29 is 4.79 Å². The van der Waals surface area contributed by atoms with Crippen molar-refractivity contribution in [3.8, 4) is 0 Å². The molecular formula is C17H26N4O. The van der Waals surface area contributed by atoms with Gasteiger partial charge >= 0.3 is 0 Å². The second kappa shape index (κ2) is 6.55. The summed E-state index contributed by atoms with van der Waals surface area (Å²) in [6.45, 7) is 6.64. The van der Waals surface area contributed by atoms with Crippen molar-refractivity contribution >= 4 is 11.7 Å². The van der Waals surface area contributed by atoms with Crippen molar-refractivity contribution in [2.75, 3.05) is 19.6 Å². The second-order valence-electron chi connectivity index (χ2n) is 6.66. The fraction of sp³-hybridized carbons (Fsp3) is 0.647. The molecule has 2 atom stereocenters. The van der Waals surface area contributed by atoms with Gasteiger partial charge in [0.1, 0.15) is 5.84 Å². The maximum absolute atomic E-state index is 11.3. The number of aromatic nitrogens is 1. The third-order valence-corrected chi connectivity index (χ3v) is 4.64. The predicted molar refractivity (Wildman–Crippen MR) is 88.1 cm³/mol. The standard InChI is InChI=1S/C17H26N4O/c1-12-5-6-16-15(7-8-18-16)17(19-10-12)21-9-3-4-14(11-21)20-13(2)22/h7-8,12,14,18H,3-6,9-11H2,1-2H3,(H,20,22)/t12?,14-/m1/s1. The number of amidine groups is 1. The SMILES string of the molecule is CC(=O)N[C@@H]1CCCN(C2=NCC(C)CCc3[nH]ccc32)C1. The van der Waals surface area contributed by atoms with Gasteiger partial charge in [0, 0.05) is 50.1 Å². The van der Waals surface area contributed by atoms with E-state index < -0.39 is 0 Å². The Morgan fingerprint density at radius 2 is 2.32 bits per heavy atom. The molecule has 2 aliphatic rings. The average molecular weight is 302 g/mol. The Morgan fingerprint density at radius 3 is 3.14 bits per heavy atom. The lowest BCUT2D eigenvalue weighted by molar-refractivity contribution is -0.119. The molecule has 1 aromatic heterocycles. The molecule has 0 aromatic carbocycles. The van der Waals surface area contributed by atoms with Crippen LogP contribution in [0.2, 0.25) is 0 Å². The number of aromatic amines is 1. The molecule has 1 unspecified atom stereocenters. The van der Waals surface area contributed by atoms with Crippen LogP contribution in [-0.2, 0) is 11.2 Å². The van der Waals surface area contributed by atoms with Crippen molar-refractivity contribution in [2.24, 2.45) is 10.9 Å². The van der Waals surface area contributed by atoms with Crippen LogP contribution >= 0.6 is 0 Å². The van der Waals surface area contributed by atoms with E-state index in [2.05, 4.69) is 28.2 Å². The van der Waals surface area contributed by atoms with Crippen LogP contribution in [0.15, 0.2) is 17.3 Å². The average Bonchev–Trinajstić information content (AvgIpc) is 2.91. The van der Waals surface area contributed by atoms with E-state index in [1.54, 1.807) is 6.92 Å². The number of H-pyrrole nitrogens is 1. The number of hydrogen-bond donors (Lipinski definition) is 2. The highest BCUT2D eigenvalue weighted by atomic mass is 16.1. The Kier molecular flexibility index (Phi) is 4.50. The number of aryl methyl sites for hydroxylation is 1. The number of fused-ring (bicyclic) bond motifs is 1. The van der Waals surface area contributed by atoms with Crippen LogP contribution in [0.3, 0.4) is 0 Å². The molecule has 0 saturated carbocycles. The molecule has 22 heavy (non-hydrogen) atoms. The Morgan fingerprint density at radius 1 is 1.45 bits per heavy atom. The first-order valence-electron chi connectivity index (χ1n) is 8.36. The van der Waals surface area contributed by atoms with Crippen molar-refractivity contribution in [2.45, 2.75) is 45.6 Å². The molecule has 2 aliphatic heterocycles. The predicted octanol–water partition coefficient (Wildman–Crippen LogP) is 1.94. The van der Waals surface area contributed by atoms with Gasteiger partial charge in [-0.1, -0.05) is 6.92 Å². The minimum Gasteiger partial charge on any atom is -0.364 e. The summed E-state index contributed by atoms with van der Waals surface area (Å²) < 4.78 is 0. The van der Waals surface area contributed by atoms with Crippen LogP contribution in [-0.4, -0.2) is 47.3 Å². The van der Waals surface area contributed by atoms with Gasteiger partial charge in [-0.3, -0.25) is 9.79 Å². The molecule has 5 nitrogen and oxygen atoms in total. The van der Waals surface area contributed by atoms with Crippen molar-refractivity contribution in [3.05, 3.63) is 23.5 Å². The summed E-state index contributed by atoms with van der Waals surface area (Å²) in [6.07, 6.45) is 6.44. The number of rotatable bonds is 1.